The standard InChI is InChI=1S/C54H48BNO2/c1-5-15-37(16-6-1)39-19-13-21-41(31-39)43-27-29-48-50(33-43)57-52-35-47(56(45-23-9-3-10-24-45)46-25-11-4-12-26-46)36-53-54(52)55(48)49-30-28-44(34-51(49)58-53)42-22-14-20-40(32-42)38-17-7-2-8-18-38/h3-4,9-14,19-38H,1-2,5-8,15-18H2. The van der Waals surface area contributed by atoms with Crippen LogP contribution in [0, 0.1) is 0 Å². The molecule has 2 saturated carbocycles. The topological polar surface area (TPSA) is 21.7 Å². The molecule has 2 aliphatic heterocycles. The van der Waals surface area contributed by atoms with Gasteiger partial charge in [-0.25, -0.2) is 0 Å². The van der Waals surface area contributed by atoms with Crippen LogP contribution in [0.3, 0.4) is 0 Å². The van der Waals surface area contributed by atoms with Crippen molar-refractivity contribution >= 4 is 40.2 Å². The molecular weight excluding hydrogens is 705 g/mol. The average molecular weight is 754 g/mol. The monoisotopic (exact) mass is 753 g/mol. The lowest BCUT2D eigenvalue weighted by Crippen LogP contribution is -2.57. The van der Waals surface area contributed by atoms with E-state index in [-0.39, 0.29) is 6.71 Å². The van der Waals surface area contributed by atoms with Crippen molar-refractivity contribution in [2.24, 2.45) is 0 Å². The molecule has 0 atom stereocenters. The molecule has 58 heavy (non-hydrogen) atoms. The molecule has 0 aromatic heterocycles. The molecule has 4 heteroatoms. The Morgan fingerprint density at radius 3 is 1.29 bits per heavy atom. The number of nitrogens with zero attached hydrogens (tertiary/aromatic N) is 1. The maximum atomic E-state index is 7.07. The van der Waals surface area contributed by atoms with Crippen LogP contribution in [0.25, 0.3) is 22.3 Å². The van der Waals surface area contributed by atoms with Crippen LogP contribution in [-0.2, 0) is 0 Å². The van der Waals surface area contributed by atoms with Crippen LogP contribution in [-0.4, -0.2) is 6.71 Å². The molecule has 3 nitrogen and oxygen atoms in total. The number of rotatable bonds is 7. The first kappa shape index (κ1) is 35.2. The minimum Gasteiger partial charge on any atom is -0.458 e. The van der Waals surface area contributed by atoms with E-state index in [0.29, 0.717) is 11.8 Å². The van der Waals surface area contributed by atoms with E-state index >= 15 is 0 Å². The molecule has 2 fully saturated rings. The second-order valence-electron chi connectivity index (χ2n) is 16.9. The highest BCUT2D eigenvalue weighted by molar-refractivity contribution is 6.98. The lowest BCUT2D eigenvalue weighted by atomic mass is 9.34. The summed E-state index contributed by atoms with van der Waals surface area (Å²) in [5, 5.41) is 0. The fourth-order valence-electron chi connectivity index (χ4n) is 10.4. The van der Waals surface area contributed by atoms with E-state index in [2.05, 4.69) is 163 Å². The van der Waals surface area contributed by atoms with Gasteiger partial charge in [0.25, 0.3) is 6.71 Å². The molecule has 7 aromatic rings. The van der Waals surface area contributed by atoms with E-state index in [9.17, 15) is 0 Å². The van der Waals surface area contributed by atoms with Crippen LogP contribution >= 0.6 is 0 Å². The number of para-hydroxylation sites is 2. The van der Waals surface area contributed by atoms with Gasteiger partial charge in [-0.3, -0.25) is 0 Å². The molecule has 284 valence electrons. The predicted molar refractivity (Wildman–Crippen MR) is 241 cm³/mol. The first-order valence-corrected chi connectivity index (χ1v) is 21.7. The van der Waals surface area contributed by atoms with Crippen molar-refractivity contribution in [3.8, 4) is 45.3 Å². The number of ether oxygens (including phenoxy) is 2. The van der Waals surface area contributed by atoms with Crippen molar-refractivity contribution in [2.75, 3.05) is 4.90 Å². The van der Waals surface area contributed by atoms with Gasteiger partial charge in [0.2, 0.25) is 0 Å². The Kier molecular flexibility index (Phi) is 9.14. The zero-order valence-electron chi connectivity index (χ0n) is 33.1. The van der Waals surface area contributed by atoms with Gasteiger partial charge in [-0.2, -0.15) is 0 Å². The Morgan fingerprint density at radius 1 is 0.379 bits per heavy atom. The van der Waals surface area contributed by atoms with Gasteiger partial charge in [0.15, 0.2) is 0 Å². The first-order chi connectivity index (χ1) is 28.7. The number of fused-ring (bicyclic) bond motifs is 4. The smallest absolute Gasteiger partial charge is 0.260 e. The third-order valence-corrected chi connectivity index (χ3v) is 13.3. The third-order valence-electron chi connectivity index (χ3n) is 13.3. The number of benzene rings is 7. The van der Waals surface area contributed by atoms with Crippen molar-refractivity contribution in [1.82, 2.24) is 0 Å². The van der Waals surface area contributed by atoms with Crippen LogP contribution in [0.2, 0.25) is 0 Å². The fraction of sp³-hybridized carbons (Fsp3) is 0.222. The van der Waals surface area contributed by atoms with Crippen LogP contribution in [0.5, 0.6) is 23.0 Å². The summed E-state index contributed by atoms with van der Waals surface area (Å²) in [4.78, 5) is 2.30. The summed E-state index contributed by atoms with van der Waals surface area (Å²) in [6, 6.07) is 57.9. The van der Waals surface area contributed by atoms with E-state index in [4.69, 9.17) is 9.47 Å². The van der Waals surface area contributed by atoms with Crippen molar-refractivity contribution in [3.05, 3.63) is 169 Å². The zero-order chi connectivity index (χ0) is 38.4. The van der Waals surface area contributed by atoms with Crippen LogP contribution < -0.4 is 30.8 Å². The summed E-state index contributed by atoms with van der Waals surface area (Å²) in [7, 11) is 0. The lowest BCUT2D eigenvalue weighted by Gasteiger charge is -2.35. The van der Waals surface area contributed by atoms with Gasteiger partial charge in [0, 0.05) is 29.0 Å². The first-order valence-electron chi connectivity index (χ1n) is 21.7. The Bertz CT molecular complexity index is 2430. The fourth-order valence-corrected chi connectivity index (χ4v) is 10.4. The molecular formula is C54H48BNO2. The molecule has 0 saturated heterocycles. The van der Waals surface area contributed by atoms with Gasteiger partial charge in [-0.15, -0.1) is 0 Å². The van der Waals surface area contributed by atoms with Gasteiger partial charge in [0.1, 0.15) is 23.0 Å². The van der Waals surface area contributed by atoms with E-state index in [1.54, 1.807) is 0 Å². The van der Waals surface area contributed by atoms with Gasteiger partial charge in [-0.1, -0.05) is 148 Å². The van der Waals surface area contributed by atoms with E-state index in [1.165, 1.54) is 109 Å². The molecule has 0 bridgehead atoms. The van der Waals surface area contributed by atoms with E-state index < -0.39 is 0 Å². The summed E-state index contributed by atoms with van der Waals surface area (Å²) in [5.41, 5.74) is 14.4. The Hall–Kier alpha value is -6.00. The summed E-state index contributed by atoms with van der Waals surface area (Å²) >= 11 is 0. The van der Waals surface area contributed by atoms with Crippen molar-refractivity contribution < 1.29 is 9.47 Å². The SMILES string of the molecule is c1ccc(N(c2ccccc2)c2cc3c4c(c2)Oc2cc(-c5cccc(C6CCCCC6)c5)ccc2B4c2ccc(-c4cccc(C5CCCCC5)c4)cc2O3)cc1. The molecule has 0 unspecified atom stereocenters. The average Bonchev–Trinajstić information content (AvgIpc) is 3.30. The van der Waals surface area contributed by atoms with Crippen LogP contribution in [0.15, 0.2) is 158 Å². The van der Waals surface area contributed by atoms with Crippen LogP contribution in [0.1, 0.15) is 87.2 Å². The molecule has 0 spiro atoms. The quantitative estimate of drug-likeness (QED) is 0.151. The van der Waals surface area contributed by atoms with Crippen molar-refractivity contribution in [1.29, 1.82) is 0 Å². The Balaban J connectivity index is 1.04. The number of hydrogen-bond donors (Lipinski definition) is 0. The maximum Gasteiger partial charge on any atom is 0.260 e. The van der Waals surface area contributed by atoms with Crippen LogP contribution in [0.4, 0.5) is 17.1 Å². The van der Waals surface area contributed by atoms with Gasteiger partial charge in [-0.05, 0) is 118 Å². The molecule has 7 aromatic carbocycles. The minimum atomic E-state index is -0.0290. The summed E-state index contributed by atoms with van der Waals surface area (Å²) in [5.74, 6) is 4.80. The molecule has 11 rings (SSSR count). The molecule has 0 amide bonds. The molecule has 2 aliphatic carbocycles. The highest BCUT2D eigenvalue weighted by Gasteiger charge is 2.41. The molecule has 4 aliphatic rings. The normalized spacial score (nSPS) is 16.0. The highest BCUT2D eigenvalue weighted by atomic mass is 16.5. The molecule has 0 radical (unpaired) electrons. The minimum absolute atomic E-state index is 0.0290. The van der Waals surface area contributed by atoms with E-state index in [0.717, 1.165) is 45.5 Å². The van der Waals surface area contributed by atoms with E-state index in [1.807, 2.05) is 0 Å². The lowest BCUT2D eigenvalue weighted by molar-refractivity contribution is 0.443. The number of anilines is 3. The van der Waals surface area contributed by atoms with Crippen molar-refractivity contribution in [3.63, 3.8) is 0 Å². The maximum absolute atomic E-state index is 7.07. The second-order valence-corrected chi connectivity index (χ2v) is 16.9. The molecule has 0 N–H and O–H groups in total. The van der Waals surface area contributed by atoms with Crippen molar-refractivity contribution in [2.45, 2.75) is 76.0 Å². The zero-order valence-corrected chi connectivity index (χ0v) is 33.1. The van der Waals surface area contributed by atoms with Gasteiger partial charge >= 0.3 is 0 Å². The summed E-state index contributed by atoms with van der Waals surface area (Å²) in [6.45, 7) is -0.0290. The van der Waals surface area contributed by atoms with Gasteiger partial charge < -0.3 is 14.4 Å². The summed E-state index contributed by atoms with van der Waals surface area (Å²) < 4.78 is 14.1. The summed E-state index contributed by atoms with van der Waals surface area (Å²) in [6.07, 6.45) is 13.2. The number of hydrogen-bond acceptors (Lipinski definition) is 3. The predicted octanol–water partition coefficient (Wildman–Crippen LogP) is 13.3. The largest absolute Gasteiger partial charge is 0.458 e. The molecule has 2 heterocycles. The third kappa shape index (κ3) is 6.49. The Labute approximate surface area is 343 Å². The van der Waals surface area contributed by atoms with Gasteiger partial charge in [0.05, 0.1) is 5.69 Å². The Morgan fingerprint density at radius 2 is 0.828 bits per heavy atom. The second kappa shape index (κ2) is 15.1. The highest BCUT2D eigenvalue weighted by Crippen LogP contribution is 2.44.